The van der Waals surface area contributed by atoms with E-state index >= 15 is 0 Å². The first-order valence-corrected chi connectivity index (χ1v) is 20.8. The van der Waals surface area contributed by atoms with Crippen LogP contribution in [0.25, 0.3) is 11.1 Å². The zero-order chi connectivity index (χ0) is 45.7. The van der Waals surface area contributed by atoms with Crippen LogP contribution in [-0.4, -0.2) is 103 Å². The largest absolute Gasteiger partial charge is 0.497 e. The van der Waals surface area contributed by atoms with Crippen LogP contribution in [0.4, 0.5) is 13.2 Å². The molecular formula is C41H59BF3N9O8. The maximum absolute atomic E-state index is 13.6. The van der Waals surface area contributed by atoms with E-state index in [-0.39, 0.29) is 53.5 Å². The molecule has 10 atom stereocenters. The average molecular weight is 874 g/mol. The van der Waals surface area contributed by atoms with E-state index in [4.69, 9.17) is 32.2 Å². The molecule has 5 amide bonds. The third-order valence-corrected chi connectivity index (χ3v) is 12.6. The zero-order valence-electron chi connectivity index (χ0n) is 35.3. The topological polar surface area (TPSA) is 288 Å². The van der Waals surface area contributed by atoms with Gasteiger partial charge in [0, 0.05) is 5.56 Å². The summed E-state index contributed by atoms with van der Waals surface area (Å²) in [6.45, 7) is 7.89. The van der Waals surface area contributed by atoms with Crippen LogP contribution in [0.3, 0.4) is 0 Å². The van der Waals surface area contributed by atoms with Crippen LogP contribution >= 0.6 is 0 Å². The van der Waals surface area contributed by atoms with Gasteiger partial charge in [-0.3, -0.25) is 24.0 Å². The highest BCUT2D eigenvalue weighted by atomic mass is 19.4. The lowest BCUT2D eigenvalue weighted by Crippen LogP contribution is -2.65. The Kier molecular flexibility index (Phi) is 15.5. The lowest BCUT2D eigenvalue weighted by Gasteiger charge is -2.64. The molecule has 3 aliphatic carbocycles. The summed E-state index contributed by atoms with van der Waals surface area (Å²) in [6, 6.07) is 4.99. The number of nitrogens with two attached hydrogens (primary N) is 4. The number of hydrogen-bond donors (Lipinski definition) is 10. The molecule has 340 valence electrons. The standard InChI is InChI=1S/C41H59BF3N9O8/c1-21(55)31(52-34(57)28(16-18-47)50-33(56)23-14-12-22(13-15-23)25-9-5-6-10-26(25)41(43,44)45)36(59)53-32(48)37(60)51-27(11-7-8-17-46)35(58)54-38(49)42-61-30-20-24-19-29(39(24,2)3)40(30,4)62-42/h5-6,9-10,12-15,21,24,27-32,38,55H,7-8,11,16-20,46-49H2,1-4H3,(H,50,56)(H,51,60)(H,52,57)(H,53,59)(H,54,58)/t21-,24+,27+,28+,29+,30?,31+,32-,38-,40+/m1/s1. The molecular weight excluding hydrogens is 814 g/mol. The van der Waals surface area contributed by atoms with Crippen LogP contribution in [0.1, 0.15) is 82.1 Å². The highest BCUT2D eigenvalue weighted by molar-refractivity contribution is 6.47. The average Bonchev–Trinajstić information content (AvgIpc) is 3.59. The van der Waals surface area contributed by atoms with E-state index in [0.717, 1.165) is 18.9 Å². The molecule has 6 rings (SSSR count). The van der Waals surface area contributed by atoms with Crippen molar-refractivity contribution in [3.05, 3.63) is 59.7 Å². The number of carbonyl (C=O) groups is 5. The number of amides is 5. The number of hydrogen-bond acceptors (Lipinski definition) is 12. The smallest absolute Gasteiger partial charge is 0.403 e. The van der Waals surface area contributed by atoms with Crippen LogP contribution in [0.2, 0.25) is 0 Å². The Balaban J connectivity index is 1.17. The van der Waals surface area contributed by atoms with Gasteiger partial charge in [0.05, 0.1) is 23.4 Å². The van der Waals surface area contributed by atoms with Gasteiger partial charge in [-0.2, -0.15) is 13.2 Å². The molecule has 1 heterocycles. The number of halogens is 3. The molecule has 4 aliphatic rings. The number of unbranched alkanes of at least 4 members (excludes halogenated alkanes) is 1. The monoisotopic (exact) mass is 873 g/mol. The van der Waals surface area contributed by atoms with Gasteiger partial charge in [0.2, 0.25) is 17.7 Å². The minimum Gasteiger partial charge on any atom is -0.403 e. The molecule has 2 bridgehead atoms. The minimum atomic E-state index is -4.61. The van der Waals surface area contributed by atoms with E-state index in [1.807, 2.05) is 6.92 Å². The number of rotatable bonds is 19. The van der Waals surface area contributed by atoms with E-state index in [2.05, 4.69) is 40.4 Å². The van der Waals surface area contributed by atoms with Crippen LogP contribution in [0.15, 0.2) is 48.5 Å². The van der Waals surface area contributed by atoms with E-state index in [1.165, 1.54) is 49.4 Å². The Morgan fingerprint density at radius 1 is 0.823 bits per heavy atom. The second-order valence-electron chi connectivity index (χ2n) is 17.2. The molecule has 1 aliphatic heterocycles. The normalized spacial score (nSPS) is 24.2. The Morgan fingerprint density at radius 2 is 1.47 bits per heavy atom. The molecule has 17 nitrogen and oxygen atoms in total. The molecule has 3 saturated carbocycles. The van der Waals surface area contributed by atoms with Crippen molar-refractivity contribution >= 4 is 36.7 Å². The van der Waals surface area contributed by atoms with E-state index in [9.17, 15) is 42.3 Å². The second-order valence-corrected chi connectivity index (χ2v) is 17.2. The van der Waals surface area contributed by atoms with Crippen molar-refractivity contribution in [1.82, 2.24) is 26.6 Å². The Bertz CT molecular complexity index is 1940. The van der Waals surface area contributed by atoms with Crippen LogP contribution in [0, 0.1) is 17.3 Å². The summed E-state index contributed by atoms with van der Waals surface area (Å²) in [5.74, 6) is -3.61. The Morgan fingerprint density at radius 3 is 2.08 bits per heavy atom. The molecule has 1 unspecified atom stereocenters. The lowest BCUT2D eigenvalue weighted by atomic mass is 9.43. The van der Waals surface area contributed by atoms with Gasteiger partial charge in [0.1, 0.15) is 24.2 Å². The highest BCUT2D eigenvalue weighted by Gasteiger charge is 2.68. The SMILES string of the molecule is C[C@@H](O)[C@H](NC(=O)[C@H](CCN)NC(=O)c1ccc(-c2ccccc2C(F)(F)F)cc1)C(=O)N[C@@H](N)C(=O)N[C@@H](CCCCN)C(=O)N[C@@H](N)B1OC2C[C@@H]3C[C@@H](C3(C)C)[C@]2(C)O1. The van der Waals surface area contributed by atoms with Gasteiger partial charge in [0.25, 0.3) is 11.8 Å². The molecule has 4 fully saturated rings. The molecule has 0 aromatic heterocycles. The maximum Gasteiger partial charge on any atom is 0.497 e. The van der Waals surface area contributed by atoms with Crippen molar-refractivity contribution in [2.45, 2.75) is 121 Å². The van der Waals surface area contributed by atoms with Crippen molar-refractivity contribution < 1.29 is 51.6 Å². The fraction of sp³-hybridized carbons (Fsp3) is 0.585. The van der Waals surface area contributed by atoms with Gasteiger partial charge in [-0.05, 0) is 112 Å². The van der Waals surface area contributed by atoms with Crippen molar-refractivity contribution in [2.75, 3.05) is 13.1 Å². The third kappa shape index (κ3) is 10.8. The number of nitrogens with one attached hydrogen (secondary N) is 5. The summed E-state index contributed by atoms with van der Waals surface area (Å²) in [4.78, 5) is 66.8. The van der Waals surface area contributed by atoms with E-state index < -0.39 is 90.5 Å². The van der Waals surface area contributed by atoms with Gasteiger partial charge in [0.15, 0.2) is 6.17 Å². The first kappa shape index (κ1) is 48.4. The quantitative estimate of drug-likeness (QED) is 0.0521. The van der Waals surface area contributed by atoms with Gasteiger partial charge in [-0.1, -0.05) is 44.2 Å². The number of alkyl halides is 3. The summed E-state index contributed by atoms with van der Waals surface area (Å²) >= 11 is 0. The maximum atomic E-state index is 13.6. The van der Waals surface area contributed by atoms with Crippen molar-refractivity contribution in [3.8, 4) is 11.1 Å². The summed E-state index contributed by atoms with van der Waals surface area (Å²) in [7, 11) is -0.929. The highest BCUT2D eigenvalue weighted by Crippen LogP contribution is 2.65. The number of aliphatic hydroxyl groups excluding tert-OH is 1. The molecule has 14 N–H and O–H groups in total. The summed E-state index contributed by atoms with van der Waals surface area (Å²) < 4.78 is 53.3. The van der Waals surface area contributed by atoms with E-state index in [1.54, 1.807) is 0 Å². The fourth-order valence-electron chi connectivity index (χ4n) is 8.84. The van der Waals surface area contributed by atoms with Crippen LogP contribution in [0.5, 0.6) is 0 Å². The number of aliphatic hydroxyl groups is 1. The second kappa shape index (κ2) is 19.8. The van der Waals surface area contributed by atoms with Crippen molar-refractivity contribution in [3.63, 3.8) is 0 Å². The van der Waals surface area contributed by atoms with Crippen molar-refractivity contribution in [1.29, 1.82) is 0 Å². The molecule has 0 spiro atoms. The Labute approximate surface area is 358 Å². The summed E-state index contributed by atoms with van der Waals surface area (Å²) in [5.41, 5.74) is 22.6. The molecule has 0 radical (unpaired) electrons. The lowest BCUT2D eigenvalue weighted by molar-refractivity contribution is -0.199. The predicted molar refractivity (Wildman–Crippen MR) is 223 cm³/mol. The molecule has 62 heavy (non-hydrogen) atoms. The number of benzene rings is 2. The molecule has 2 aromatic rings. The first-order chi connectivity index (χ1) is 29.1. The van der Waals surface area contributed by atoms with Gasteiger partial charge in [-0.15, -0.1) is 0 Å². The zero-order valence-corrected chi connectivity index (χ0v) is 35.3. The summed E-state index contributed by atoms with van der Waals surface area (Å²) in [5, 5.41) is 22.8. The summed E-state index contributed by atoms with van der Waals surface area (Å²) in [6.07, 6.45) is -5.23. The van der Waals surface area contributed by atoms with Gasteiger partial charge < -0.3 is 63.9 Å². The van der Waals surface area contributed by atoms with Gasteiger partial charge in [-0.25, -0.2) is 0 Å². The van der Waals surface area contributed by atoms with Gasteiger partial charge >= 0.3 is 13.3 Å². The first-order valence-electron chi connectivity index (χ1n) is 20.8. The fourth-order valence-corrected chi connectivity index (χ4v) is 8.84. The third-order valence-electron chi connectivity index (χ3n) is 12.6. The number of carbonyl (C=O) groups excluding carboxylic acids is 5. The van der Waals surface area contributed by atoms with Crippen molar-refractivity contribution in [2.24, 2.45) is 40.2 Å². The van der Waals surface area contributed by atoms with Crippen LogP contribution in [-0.2, 0) is 34.7 Å². The molecule has 2 aromatic carbocycles. The molecule has 21 heteroatoms. The Hall–Kier alpha value is -4.64. The minimum absolute atomic E-state index is 0.0134. The predicted octanol–water partition coefficient (Wildman–Crippen LogP) is 0.369. The van der Waals surface area contributed by atoms with Crippen LogP contribution < -0.4 is 49.5 Å². The molecule has 1 saturated heterocycles. The van der Waals surface area contributed by atoms with E-state index in [0.29, 0.717) is 25.3 Å².